The van der Waals surface area contributed by atoms with E-state index in [9.17, 15) is 9.59 Å². The highest BCUT2D eigenvalue weighted by atomic mass is 16.5. The monoisotopic (exact) mass is 237 g/mol. The Morgan fingerprint density at radius 1 is 1.29 bits per heavy atom. The second-order valence-corrected chi connectivity index (χ2v) is 3.91. The second kappa shape index (κ2) is 5.98. The summed E-state index contributed by atoms with van der Waals surface area (Å²) >= 11 is 0. The van der Waals surface area contributed by atoms with Crippen molar-refractivity contribution in [2.45, 2.75) is 13.8 Å². The minimum absolute atomic E-state index is 0.125. The molecule has 0 bridgehead atoms. The van der Waals surface area contributed by atoms with Crippen LogP contribution < -0.4 is 0 Å². The Bertz CT molecular complexity index is 415. The van der Waals surface area contributed by atoms with E-state index in [0.29, 0.717) is 6.61 Å². The summed E-state index contributed by atoms with van der Waals surface area (Å²) in [7, 11) is 1.26. The van der Waals surface area contributed by atoms with Gasteiger partial charge in [-0.3, -0.25) is 4.98 Å². The van der Waals surface area contributed by atoms with Gasteiger partial charge in [-0.25, -0.2) is 9.59 Å². The van der Waals surface area contributed by atoms with Gasteiger partial charge < -0.3 is 9.47 Å². The number of esters is 2. The van der Waals surface area contributed by atoms with Gasteiger partial charge in [-0.1, -0.05) is 13.8 Å². The summed E-state index contributed by atoms with van der Waals surface area (Å²) in [4.78, 5) is 26.9. The number of carbonyl (C=O) groups excluding carboxylic acids is 2. The number of methoxy groups -OCH3 is 1. The number of rotatable bonds is 4. The van der Waals surface area contributed by atoms with Gasteiger partial charge in [0.05, 0.1) is 24.8 Å². The van der Waals surface area contributed by atoms with E-state index in [1.807, 2.05) is 13.8 Å². The van der Waals surface area contributed by atoms with E-state index in [-0.39, 0.29) is 17.0 Å². The zero-order valence-electron chi connectivity index (χ0n) is 10.1. The topological polar surface area (TPSA) is 65.5 Å². The van der Waals surface area contributed by atoms with Crippen molar-refractivity contribution in [1.29, 1.82) is 0 Å². The maximum Gasteiger partial charge on any atom is 0.340 e. The first-order valence-corrected chi connectivity index (χ1v) is 5.25. The molecule has 1 aromatic rings. The Labute approximate surface area is 99.8 Å². The number of hydrogen-bond acceptors (Lipinski definition) is 5. The maximum absolute atomic E-state index is 11.7. The fourth-order valence-corrected chi connectivity index (χ4v) is 1.17. The van der Waals surface area contributed by atoms with E-state index in [4.69, 9.17) is 4.74 Å². The minimum atomic E-state index is -0.580. The smallest absolute Gasteiger partial charge is 0.340 e. The summed E-state index contributed by atoms with van der Waals surface area (Å²) in [6.45, 7) is 4.16. The van der Waals surface area contributed by atoms with Gasteiger partial charge in [0.15, 0.2) is 0 Å². The minimum Gasteiger partial charge on any atom is -0.465 e. The van der Waals surface area contributed by atoms with E-state index in [1.54, 1.807) is 0 Å². The van der Waals surface area contributed by atoms with Crippen LogP contribution in [-0.2, 0) is 9.47 Å². The molecule has 0 amide bonds. The van der Waals surface area contributed by atoms with Crippen LogP contribution in [0.3, 0.4) is 0 Å². The summed E-state index contributed by atoms with van der Waals surface area (Å²) in [6.07, 6.45) is 2.72. The van der Waals surface area contributed by atoms with Crippen molar-refractivity contribution in [3.05, 3.63) is 29.6 Å². The molecule has 0 radical (unpaired) electrons. The molecule has 5 heteroatoms. The zero-order chi connectivity index (χ0) is 12.8. The predicted molar refractivity (Wildman–Crippen MR) is 60.7 cm³/mol. The van der Waals surface area contributed by atoms with E-state index < -0.39 is 11.9 Å². The average Bonchev–Trinajstić information content (AvgIpc) is 2.34. The number of hydrogen-bond donors (Lipinski definition) is 0. The predicted octanol–water partition coefficient (Wildman–Crippen LogP) is 1.68. The summed E-state index contributed by atoms with van der Waals surface area (Å²) in [5.41, 5.74) is 0.288. The van der Waals surface area contributed by atoms with Crippen molar-refractivity contribution >= 4 is 11.9 Å². The van der Waals surface area contributed by atoms with Crippen molar-refractivity contribution in [2.75, 3.05) is 13.7 Å². The molecule has 92 valence electrons. The van der Waals surface area contributed by atoms with Gasteiger partial charge in [0.2, 0.25) is 0 Å². The van der Waals surface area contributed by atoms with Crippen molar-refractivity contribution < 1.29 is 19.1 Å². The van der Waals surface area contributed by atoms with Gasteiger partial charge in [-0.05, 0) is 12.0 Å². The van der Waals surface area contributed by atoms with E-state index in [0.717, 1.165) is 0 Å². The largest absolute Gasteiger partial charge is 0.465 e. The molecule has 0 saturated heterocycles. The van der Waals surface area contributed by atoms with Crippen LogP contribution in [0, 0.1) is 5.92 Å². The van der Waals surface area contributed by atoms with Crippen LogP contribution in [0.15, 0.2) is 18.5 Å². The number of ether oxygens (including phenoxy) is 2. The molecule has 0 fully saturated rings. The van der Waals surface area contributed by atoms with Gasteiger partial charge in [-0.2, -0.15) is 0 Å². The highest BCUT2D eigenvalue weighted by molar-refractivity contribution is 6.02. The molecule has 1 rings (SSSR count). The molecule has 17 heavy (non-hydrogen) atoms. The van der Waals surface area contributed by atoms with Crippen LogP contribution in [-0.4, -0.2) is 30.6 Å². The van der Waals surface area contributed by atoms with Crippen LogP contribution >= 0.6 is 0 Å². The molecule has 5 nitrogen and oxygen atoms in total. The fraction of sp³-hybridized carbons (Fsp3) is 0.417. The zero-order valence-corrected chi connectivity index (χ0v) is 10.1. The van der Waals surface area contributed by atoms with Gasteiger partial charge in [0.1, 0.15) is 0 Å². The Kier molecular flexibility index (Phi) is 4.63. The standard InChI is InChI=1S/C12H15NO4/c1-8(2)7-17-12(15)10-6-13-5-4-9(10)11(14)16-3/h4-6,8H,7H2,1-3H3. The van der Waals surface area contributed by atoms with Crippen molar-refractivity contribution in [1.82, 2.24) is 4.98 Å². The van der Waals surface area contributed by atoms with Gasteiger partial charge in [0, 0.05) is 12.4 Å². The molecule has 0 saturated carbocycles. The van der Waals surface area contributed by atoms with Crippen LogP contribution in [0.4, 0.5) is 0 Å². The van der Waals surface area contributed by atoms with Crippen molar-refractivity contribution in [3.8, 4) is 0 Å². The lowest BCUT2D eigenvalue weighted by Crippen LogP contribution is -2.15. The summed E-state index contributed by atoms with van der Waals surface area (Å²) in [5, 5.41) is 0. The molecule has 1 aromatic heterocycles. The molecule has 0 unspecified atom stereocenters. The Balaban J connectivity index is 2.89. The molecule has 0 N–H and O–H groups in total. The molecule has 0 aromatic carbocycles. The fourth-order valence-electron chi connectivity index (χ4n) is 1.17. The third kappa shape index (κ3) is 3.55. The number of nitrogens with zero attached hydrogens (tertiary/aromatic N) is 1. The van der Waals surface area contributed by atoms with E-state index in [2.05, 4.69) is 9.72 Å². The van der Waals surface area contributed by atoms with Gasteiger partial charge in [-0.15, -0.1) is 0 Å². The molecular formula is C12H15NO4. The first kappa shape index (κ1) is 13.2. The highest BCUT2D eigenvalue weighted by Crippen LogP contribution is 2.10. The lowest BCUT2D eigenvalue weighted by molar-refractivity contribution is 0.0444. The van der Waals surface area contributed by atoms with Crippen LogP contribution in [0.2, 0.25) is 0 Å². The third-order valence-electron chi connectivity index (χ3n) is 1.99. The molecule has 1 heterocycles. The number of carbonyl (C=O) groups is 2. The first-order chi connectivity index (χ1) is 8.06. The van der Waals surface area contributed by atoms with Crippen LogP contribution in [0.5, 0.6) is 0 Å². The molecular weight excluding hydrogens is 222 g/mol. The normalized spacial score (nSPS) is 10.1. The van der Waals surface area contributed by atoms with Crippen LogP contribution in [0.1, 0.15) is 34.6 Å². The quantitative estimate of drug-likeness (QED) is 0.745. The Morgan fingerprint density at radius 3 is 2.59 bits per heavy atom. The maximum atomic E-state index is 11.7. The molecule has 0 aliphatic carbocycles. The number of pyridine rings is 1. The molecule has 0 aliphatic rings. The van der Waals surface area contributed by atoms with Crippen molar-refractivity contribution in [2.24, 2.45) is 5.92 Å². The summed E-state index contributed by atoms with van der Waals surface area (Å²) < 4.78 is 9.62. The lowest BCUT2D eigenvalue weighted by atomic mass is 10.1. The molecule has 0 aliphatic heterocycles. The molecule has 0 spiro atoms. The third-order valence-corrected chi connectivity index (χ3v) is 1.99. The summed E-state index contributed by atoms with van der Waals surface area (Å²) in [5.74, 6) is -0.909. The van der Waals surface area contributed by atoms with Gasteiger partial charge in [0.25, 0.3) is 0 Å². The summed E-state index contributed by atoms with van der Waals surface area (Å²) in [6, 6.07) is 1.43. The average molecular weight is 237 g/mol. The van der Waals surface area contributed by atoms with E-state index >= 15 is 0 Å². The van der Waals surface area contributed by atoms with Crippen molar-refractivity contribution in [3.63, 3.8) is 0 Å². The first-order valence-electron chi connectivity index (χ1n) is 5.25. The second-order valence-electron chi connectivity index (χ2n) is 3.91. The highest BCUT2D eigenvalue weighted by Gasteiger charge is 2.18. The number of aromatic nitrogens is 1. The van der Waals surface area contributed by atoms with Crippen LogP contribution in [0.25, 0.3) is 0 Å². The Hall–Kier alpha value is -1.91. The Morgan fingerprint density at radius 2 is 2.00 bits per heavy atom. The SMILES string of the molecule is COC(=O)c1ccncc1C(=O)OCC(C)C. The van der Waals surface area contributed by atoms with E-state index in [1.165, 1.54) is 25.6 Å². The lowest BCUT2D eigenvalue weighted by Gasteiger charge is -2.09. The van der Waals surface area contributed by atoms with Gasteiger partial charge >= 0.3 is 11.9 Å². The molecule has 0 atom stereocenters.